The van der Waals surface area contributed by atoms with Crippen molar-refractivity contribution in [1.82, 2.24) is 4.90 Å². The zero-order valence-electron chi connectivity index (χ0n) is 13.4. The number of amides is 1. The summed E-state index contributed by atoms with van der Waals surface area (Å²) in [6.45, 7) is 2.58. The van der Waals surface area contributed by atoms with Crippen molar-refractivity contribution in [2.45, 2.75) is 24.6 Å². The van der Waals surface area contributed by atoms with Gasteiger partial charge in [-0.3, -0.25) is 4.79 Å². The van der Waals surface area contributed by atoms with Crippen LogP contribution in [-0.2, 0) is 19.4 Å². The smallest absolute Gasteiger partial charge is 0.260 e. The van der Waals surface area contributed by atoms with Crippen LogP contribution in [0.3, 0.4) is 0 Å². The lowest BCUT2D eigenvalue weighted by atomic mass is 10.1. The molecule has 0 saturated carbocycles. The zero-order chi connectivity index (χ0) is 17.3. The van der Waals surface area contributed by atoms with E-state index in [2.05, 4.69) is 0 Å². The molecule has 0 unspecified atom stereocenters. The van der Waals surface area contributed by atoms with Crippen LogP contribution < -0.4 is 4.74 Å². The van der Waals surface area contributed by atoms with E-state index in [0.29, 0.717) is 23.8 Å². The van der Waals surface area contributed by atoms with Gasteiger partial charge in [0, 0.05) is 18.2 Å². The normalized spacial score (nSPS) is 25.8. The Balaban J connectivity index is 1.68. The number of hydrogen-bond acceptors (Lipinski definition) is 5. The summed E-state index contributed by atoms with van der Waals surface area (Å²) in [5, 5.41) is -0.0151. The standard InChI is InChI=1S/C16H20ClNO5S/c1-11-8-12(17)2-3-14(11)23-10-16(19)18-5-7-24(20,21)15-9-22-6-4-13(15)18/h2-3,8,13,15H,4-7,9-10H2,1H3/t13-,15-/m0/s1. The maximum absolute atomic E-state index is 12.6. The molecule has 2 aliphatic heterocycles. The topological polar surface area (TPSA) is 72.9 Å². The maximum Gasteiger partial charge on any atom is 0.260 e. The maximum atomic E-state index is 12.6. The van der Waals surface area contributed by atoms with Crippen LogP contribution in [0.1, 0.15) is 12.0 Å². The largest absolute Gasteiger partial charge is 0.483 e. The zero-order valence-corrected chi connectivity index (χ0v) is 15.0. The van der Waals surface area contributed by atoms with Crippen molar-refractivity contribution in [3.63, 3.8) is 0 Å². The van der Waals surface area contributed by atoms with Gasteiger partial charge in [-0.2, -0.15) is 0 Å². The SMILES string of the molecule is Cc1cc(Cl)ccc1OCC(=O)N1CCS(=O)(=O)[C@H]2COCC[C@@H]21. The van der Waals surface area contributed by atoms with E-state index in [1.54, 1.807) is 23.1 Å². The molecule has 1 aromatic carbocycles. The Labute approximate surface area is 146 Å². The fraction of sp³-hybridized carbons (Fsp3) is 0.562. The number of aryl methyl sites for hydroxylation is 1. The molecule has 1 amide bonds. The number of halogens is 1. The first-order valence-corrected chi connectivity index (χ1v) is 9.95. The quantitative estimate of drug-likeness (QED) is 0.801. The Morgan fingerprint density at radius 2 is 2.25 bits per heavy atom. The van der Waals surface area contributed by atoms with Gasteiger partial charge in [0.1, 0.15) is 11.0 Å². The third-order valence-electron chi connectivity index (χ3n) is 4.56. The molecule has 0 radical (unpaired) electrons. The summed E-state index contributed by atoms with van der Waals surface area (Å²) in [4.78, 5) is 14.2. The molecule has 6 nitrogen and oxygen atoms in total. The molecule has 2 atom stereocenters. The van der Waals surface area contributed by atoms with Gasteiger partial charge in [0.05, 0.1) is 18.4 Å². The molecule has 2 saturated heterocycles. The Hall–Kier alpha value is -1.31. The van der Waals surface area contributed by atoms with Crippen LogP contribution >= 0.6 is 11.6 Å². The average molecular weight is 374 g/mol. The Bertz CT molecular complexity index is 736. The molecular formula is C16H20ClNO5S. The highest BCUT2D eigenvalue weighted by Gasteiger charge is 2.45. The molecule has 24 heavy (non-hydrogen) atoms. The van der Waals surface area contributed by atoms with Crippen LogP contribution in [0.15, 0.2) is 18.2 Å². The second-order valence-corrected chi connectivity index (χ2v) is 8.90. The van der Waals surface area contributed by atoms with Gasteiger partial charge in [0.2, 0.25) is 0 Å². The Kier molecular flexibility index (Phi) is 5.03. The number of ether oxygens (including phenoxy) is 2. The number of carbonyl (C=O) groups is 1. The first-order valence-electron chi connectivity index (χ1n) is 7.86. The predicted octanol–water partition coefficient (Wildman–Crippen LogP) is 1.44. The molecule has 8 heteroatoms. The average Bonchev–Trinajstić information content (AvgIpc) is 2.54. The molecule has 0 bridgehead atoms. The molecular weight excluding hydrogens is 354 g/mol. The van der Waals surface area contributed by atoms with Crippen LogP contribution in [-0.4, -0.2) is 62.6 Å². The minimum Gasteiger partial charge on any atom is -0.483 e. The molecule has 3 rings (SSSR count). The minimum absolute atomic E-state index is 0.0246. The summed E-state index contributed by atoms with van der Waals surface area (Å²) in [6, 6.07) is 4.88. The van der Waals surface area contributed by atoms with Crippen molar-refractivity contribution < 1.29 is 22.7 Å². The van der Waals surface area contributed by atoms with Gasteiger partial charge >= 0.3 is 0 Å². The van der Waals surface area contributed by atoms with E-state index in [0.717, 1.165) is 5.56 Å². The van der Waals surface area contributed by atoms with E-state index >= 15 is 0 Å². The van der Waals surface area contributed by atoms with Crippen molar-refractivity contribution in [3.05, 3.63) is 28.8 Å². The lowest BCUT2D eigenvalue weighted by Crippen LogP contribution is -2.60. The molecule has 0 aliphatic carbocycles. The lowest BCUT2D eigenvalue weighted by molar-refractivity contribution is -0.137. The van der Waals surface area contributed by atoms with Crippen LogP contribution in [0, 0.1) is 6.92 Å². The van der Waals surface area contributed by atoms with Gasteiger partial charge in [-0.1, -0.05) is 11.6 Å². The van der Waals surface area contributed by atoms with E-state index in [4.69, 9.17) is 21.1 Å². The van der Waals surface area contributed by atoms with Crippen molar-refractivity contribution in [3.8, 4) is 5.75 Å². The predicted molar refractivity (Wildman–Crippen MR) is 90.2 cm³/mol. The van der Waals surface area contributed by atoms with Gasteiger partial charge in [-0.25, -0.2) is 8.42 Å². The van der Waals surface area contributed by atoms with E-state index in [9.17, 15) is 13.2 Å². The highest BCUT2D eigenvalue weighted by atomic mass is 35.5. The number of nitrogens with zero attached hydrogens (tertiary/aromatic N) is 1. The minimum atomic E-state index is -3.20. The number of rotatable bonds is 3. The Morgan fingerprint density at radius 1 is 1.46 bits per heavy atom. The Morgan fingerprint density at radius 3 is 3.00 bits per heavy atom. The van der Waals surface area contributed by atoms with E-state index in [1.807, 2.05) is 6.92 Å². The fourth-order valence-corrected chi connectivity index (χ4v) is 5.30. The third-order valence-corrected chi connectivity index (χ3v) is 6.92. The number of carbonyl (C=O) groups excluding carboxylic acids is 1. The van der Waals surface area contributed by atoms with Crippen molar-refractivity contribution >= 4 is 27.3 Å². The third kappa shape index (κ3) is 3.53. The first-order chi connectivity index (χ1) is 11.4. The van der Waals surface area contributed by atoms with Gasteiger partial charge in [-0.15, -0.1) is 0 Å². The second-order valence-electron chi connectivity index (χ2n) is 6.12. The second kappa shape index (κ2) is 6.90. The number of hydrogen-bond donors (Lipinski definition) is 0. The summed E-state index contributed by atoms with van der Waals surface area (Å²) in [5.74, 6) is 0.375. The molecule has 0 aromatic heterocycles. The van der Waals surface area contributed by atoms with Crippen molar-refractivity contribution in [2.75, 3.05) is 32.1 Å². The highest BCUT2D eigenvalue weighted by Crippen LogP contribution is 2.27. The number of sulfone groups is 1. The molecule has 2 aliphatic rings. The first kappa shape index (κ1) is 17.5. The van der Waals surface area contributed by atoms with Crippen LogP contribution in [0.4, 0.5) is 0 Å². The number of benzene rings is 1. The summed E-state index contributed by atoms with van der Waals surface area (Å²) in [5.41, 5.74) is 0.848. The monoisotopic (exact) mass is 373 g/mol. The van der Waals surface area contributed by atoms with Crippen molar-refractivity contribution in [2.24, 2.45) is 0 Å². The van der Waals surface area contributed by atoms with E-state index < -0.39 is 15.1 Å². The van der Waals surface area contributed by atoms with Crippen LogP contribution in [0.25, 0.3) is 0 Å². The molecule has 0 spiro atoms. The highest BCUT2D eigenvalue weighted by molar-refractivity contribution is 7.92. The van der Waals surface area contributed by atoms with E-state index in [1.165, 1.54) is 0 Å². The summed E-state index contributed by atoms with van der Waals surface area (Å²) < 4.78 is 35.3. The lowest BCUT2D eigenvalue weighted by Gasteiger charge is -2.43. The summed E-state index contributed by atoms with van der Waals surface area (Å²) in [6.07, 6.45) is 0.537. The van der Waals surface area contributed by atoms with E-state index in [-0.39, 0.29) is 37.5 Å². The summed E-state index contributed by atoms with van der Waals surface area (Å²) >= 11 is 5.91. The van der Waals surface area contributed by atoms with Gasteiger partial charge < -0.3 is 14.4 Å². The molecule has 0 N–H and O–H groups in total. The van der Waals surface area contributed by atoms with Crippen LogP contribution in [0.2, 0.25) is 5.02 Å². The van der Waals surface area contributed by atoms with Crippen LogP contribution in [0.5, 0.6) is 5.75 Å². The van der Waals surface area contributed by atoms with Crippen molar-refractivity contribution in [1.29, 1.82) is 0 Å². The molecule has 132 valence electrons. The summed E-state index contributed by atoms with van der Waals surface area (Å²) in [7, 11) is -3.20. The van der Waals surface area contributed by atoms with Gasteiger partial charge in [-0.05, 0) is 37.1 Å². The molecule has 2 heterocycles. The fourth-order valence-electron chi connectivity index (χ4n) is 3.25. The molecule has 1 aromatic rings. The van der Waals surface area contributed by atoms with Gasteiger partial charge in [0.15, 0.2) is 16.4 Å². The number of fused-ring (bicyclic) bond motifs is 1. The molecule has 2 fully saturated rings. The van der Waals surface area contributed by atoms with Gasteiger partial charge in [0.25, 0.3) is 5.91 Å².